The standard InChI is InChI=1S/C18H17N/c1-14-17-10-6-5-9-16(17)11-12-18(14)19-13-15-7-3-2-4-8-15/h2-12,19H,13H2,1H3. The first-order valence-corrected chi connectivity index (χ1v) is 6.61. The molecule has 0 saturated carbocycles. The number of fused-ring (bicyclic) bond motifs is 1. The van der Waals surface area contributed by atoms with Gasteiger partial charge in [0.15, 0.2) is 0 Å². The molecular weight excluding hydrogens is 230 g/mol. The third-order valence-corrected chi connectivity index (χ3v) is 3.52. The molecule has 0 amide bonds. The molecule has 0 saturated heterocycles. The second-order valence-electron chi connectivity index (χ2n) is 4.80. The summed E-state index contributed by atoms with van der Waals surface area (Å²) in [5.74, 6) is 0. The molecule has 3 aromatic carbocycles. The van der Waals surface area contributed by atoms with E-state index in [-0.39, 0.29) is 0 Å². The number of anilines is 1. The average molecular weight is 247 g/mol. The third-order valence-electron chi connectivity index (χ3n) is 3.52. The van der Waals surface area contributed by atoms with Crippen LogP contribution in [0.4, 0.5) is 5.69 Å². The van der Waals surface area contributed by atoms with Crippen LogP contribution in [0.25, 0.3) is 10.8 Å². The minimum Gasteiger partial charge on any atom is -0.381 e. The molecule has 0 aliphatic rings. The minimum absolute atomic E-state index is 0.861. The van der Waals surface area contributed by atoms with E-state index in [4.69, 9.17) is 0 Å². The third kappa shape index (κ3) is 2.45. The zero-order chi connectivity index (χ0) is 13.1. The lowest BCUT2D eigenvalue weighted by Crippen LogP contribution is -2.01. The van der Waals surface area contributed by atoms with E-state index in [0.717, 1.165) is 6.54 Å². The zero-order valence-electron chi connectivity index (χ0n) is 11.1. The summed E-state index contributed by atoms with van der Waals surface area (Å²) in [5.41, 5.74) is 3.83. The predicted molar refractivity (Wildman–Crippen MR) is 82.5 cm³/mol. The molecule has 3 aromatic rings. The number of hydrogen-bond acceptors (Lipinski definition) is 1. The Hall–Kier alpha value is -2.28. The molecule has 0 aliphatic carbocycles. The Morgan fingerprint density at radius 2 is 1.53 bits per heavy atom. The van der Waals surface area contributed by atoms with Gasteiger partial charge in [-0.15, -0.1) is 0 Å². The van der Waals surface area contributed by atoms with Crippen molar-refractivity contribution in [1.82, 2.24) is 0 Å². The van der Waals surface area contributed by atoms with Crippen LogP contribution in [0.5, 0.6) is 0 Å². The van der Waals surface area contributed by atoms with Crippen LogP contribution in [0.3, 0.4) is 0 Å². The molecule has 0 aliphatic heterocycles. The van der Waals surface area contributed by atoms with Crippen LogP contribution >= 0.6 is 0 Å². The average Bonchev–Trinajstić information content (AvgIpc) is 2.48. The van der Waals surface area contributed by atoms with E-state index in [0.29, 0.717) is 0 Å². The maximum Gasteiger partial charge on any atom is 0.0400 e. The van der Waals surface area contributed by atoms with E-state index in [1.165, 1.54) is 27.6 Å². The van der Waals surface area contributed by atoms with Gasteiger partial charge in [0.05, 0.1) is 0 Å². The van der Waals surface area contributed by atoms with Crippen molar-refractivity contribution in [3.05, 3.63) is 77.9 Å². The fourth-order valence-electron chi connectivity index (χ4n) is 2.41. The van der Waals surface area contributed by atoms with E-state index < -0.39 is 0 Å². The summed E-state index contributed by atoms with van der Waals surface area (Å²) in [6.45, 7) is 3.04. The summed E-state index contributed by atoms with van der Waals surface area (Å²) in [7, 11) is 0. The topological polar surface area (TPSA) is 12.0 Å². The van der Waals surface area contributed by atoms with Gasteiger partial charge in [-0.3, -0.25) is 0 Å². The van der Waals surface area contributed by atoms with E-state index in [1.54, 1.807) is 0 Å². The van der Waals surface area contributed by atoms with Crippen molar-refractivity contribution in [2.24, 2.45) is 0 Å². The van der Waals surface area contributed by atoms with Crippen molar-refractivity contribution < 1.29 is 0 Å². The Balaban J connectivity index is 1.87. The first-order valence-electron chi connectivity index (χ1n) is 6.61. The van der Waals surface area contributed by atoms with E-state index in [2.05, 4.69) is 72.9 Å². The van der Waals surface area contributed by atoms with Gasteiger partial charge in [0.1, 0.15) is 0 Å². The molecule has 0 radical (unpaired) electrons. The Morgan fingerprint density at radius 1 is 0.789 bits per heavy atom. The van der Waals surface area contributed by atoms with Gasteiger partial charge in [-0.05, 0) is 34.9 Å². The second-order valence-corrected chi connectivity index (χ2v) is 4.80. The van der Waals surface area contributed by atoms with Gasteiger partial charge in [0, 0.05) is 12.2 Å². The minimum atomic E-state index is 0.861. The van der Waals surface area contributed by atoms with Crippen LogP contribution in [0.15, 0.2) is 66.7 Å². The molecule has 0 spiro atoms. The maximum atomic E-state index is 3.52. The lowest BCUT2D eigenvalue weighted by atomic mass is 10.0. The Morgan fingerprint density at radius 3 is 2.37 bits per heavy atom. The largest absolute Gasteiger partial charge is 0.381 e. The van der Waals surface area contributed by atoms with Crippen LogP contribution in [-0.2, 0) is 6.54 Å². The first kappa shape index (κ1) is 11.8. The number of benzene rings is 3. The Kier molecular flexibility index (Phi) is 3.20. The molecule has 0 bridgehead atoms. The molecule has 0 atom stereocenters. The van der Waals surface area contributed by atoms with Crippen molar-refractivity contribution in [2.75, 3.05) is 5.32 Å². The van der Waals surface area contributed by atoms with Crippen LogP contribution < -0.4 is 5.32 Å². The van der Waals surface area contributed by atoms with Gasteiger partial charge in [-0.25, -0.2) is 0 Å². The van der Waals surface area contributed by atoms with Crippen molar-refractivity contribution >= 4 is 16.5 Å². The number of nitrogens with one attached hydrogen (secondary N) is 1. The number of rotatable bonds is 3. The van der Waals surface area contributed by atoms with E-state index in [1.807, 2.05) is 6.07 Å². The van der Waals surface area contributed by atoms with Crippen molar-refractivity contribution in [3.8, 4) is 0 Å². The number of aryl methyl sites for hydroxylation is 1. The van der Waals surface area contributed by atoms with Gasteiger partial charge >= 0.3 is 0 Å². The summed E-state index contributed by atoms with van der Waals surface area (Å²) in [5, 5.41) is 6.14. The zero-order valence-corrected chi connectivity index (χ0v) is 11.1. The highest BCUT2D eigenvalue weighted by atomic mass is 14.9. The highest BCUT2D eigenvalue weighted by Crippen LogP contribution is 2.25. The molecule has 0 aromatic heterocycles. The SMILES string of the molecule is Cc1c(NCc2ccccc2)ccc2ccccc12. The highest BCUT2D eigenvalue weighted by molar-refractivity contribution is 5.89. The molecule has 0 heterocycles. The summed E-state index contributed by atoms with van der Waals surface area (Å²) in [4.78, 5) is 0. The molecule has 94 valence electrons. The Bertz CT molecular complexity index is 686. The molecule has 0 fully saturated rings. The fourth-order valence-corrected chi connectivity index (χ4v) is 2.41. The van der Waals surface area contributed by atoms with Crippen molar-refractivity contribution in [1.29, 1.82) is 0 Å². The monoisotopic (exact) mass is 247 g/mol. The maximum absolute atomic E-state index is 3.52. The van der Waals surface area contributed by atoms with Crippen LogP contribution in [0, 0.1) is 6.92 Å². The smallest absolute Gasteiger partial charge is 0.0400 e. The summed E-state index contributed by atoms with van der Waals surface area (Å²) in [6.07, 6.45) is 0. The van der Waals surface area contributed by atoms with Crippen molar-refractivity contribution in [3.63, 3.8) is 0 Å². The van der Waals surface area contributed by atoms with Gasteiger partial charge in [0.2, 0.25) is 0 Å². The first-order chi connectivity index (χ1) is 9.34. The fraction of sp³-hybridized carbons (Fsp3) is 0.111. The van der Waals surface area contributed by atoms with Gasteiger partial charge in [0.25, 0.3) is 0 Å². The molecule has 1 N–H and O–H groups in total. The molecule has 3 rings (SSSR count). The highest BCUT2D eigenvalue weighted by Gasteiger charge is 2.02. The summed E-state index contributed by atoms with van der Waals surface area (Å²) in [6, 6.07) is 23.3. The molecule has 19 heavy (non-hydrogen) atoms. The molecule has 1 heteroatoms. The van der Waals surface area contributed by atoms with Gasteiger partial charge < -0.3 is 5.32 Å². The lowest BCUT2D eigenvalue weighted by Gasteiger charge is -2.12. The van der Waals surface area contributed by atoms with Crippen molar-refractivity contribution in [2.45, 2.75) is 13.5 Å². The van der Waals surface area contributed by atoms with E-state index in [9.17, 15) is 0 Å². The second kappa shape index (κ2) is 5.15. The molecule has 0 unspecified atom stereocenters. The van der Waals surface area contributed by atoms with Gasteiger partial charge in [-0.2, -0.15) is 0 Å². The quantitative estimate of drug-likeness (QED) is 0.703. The Labute approximate surface area is 113 Å². The summed E-state index contributed by atoms with van der Waals surface area (Å²) >= 11 is 0. The van der Waals surface area contributed by atoms with Gasteiger partial charge in [-0.1, -0.05) is 60.7 Å². The van der Waals surface area contributed by atoms with E-state index >= 15 is 0 Å². The number of hydrogen-bond donors (Lipinski definition) is 1. The predicted octanol–water partition coefficient (Wildman–Crippen LogP) is 4.76. The summed E-state index contributed by atoms with van der Waals surface area (Å²) < 4.78 is 0. The molecule has 1 nitrogen and oxygen atoms in total. The van der Waals surface area contributed by atoms with Crippen LogP contribution in [0.2, 0.25) is 0 Å². The lowest BCUT2D eigenvalue weighted by molar-refractivity contribution is 1.14. The van der Waals surface area contributed by atoms with Crippen LogP contribution in [0.1, 0.15) is 11.1 Å². The van der Waals surface area contributed by atoms with Crippen LogP contribution in [-0.4, -0.2) is 0 Å². The molecular formula is C18H17N. The normalized spacial score (nSPS) is 10.6.